The van der Waals surface area contributed by atoms with Gasteiger partial charge in [0.2, 0.25) is 10.0 Å². The first-order valence-electron chi connectivity index (χ1n) is 11.5. The largest absolute Gasteiger partial charge is 0.314 e. The van der Waals surface area contributed by atoms with Crippen LogP contribution in [0.3, 0.4) is 0 Å². The monoisotopic (exact) mass is 482 g/mol. The number of aryl methyl sites for hydroxylation is 2. The van der Waals surface area contributed by atoms with Crippen molar-refractivity contribution >= 4 is 22.4 Å². The Morgan fingerprint density at radius 2 is 1.91 bits per heavy atom. The number of benzene rings is 2. The summed E-state index contributed by atoms with van der Waals surface area (Å²) >= 11 is 0. The van der Waals surface area contributed by atoms with Gasteiger partial charge in [0.25, 0.3) is 0 Å². The van der Waals surface area contributed by atoms with Crippen molar-refractivity contribution in [3.05, 3.63) is 70.5 Å². The van der Waals surface area contributed by atoms with Gasteiger partial charge in [-0.2, -0.15) is 0 Å². The molecule has 178 valence electrons. The number of fused-ring (bicyclic) bond motifs is 1. The van der Waals surface area contributed by atoms with Crippen LogP contribution in [0.1, 0.15) is 61.3 Å². The molecular weight excluding hydrogens is 447 g/mol. The Labute approximate surface area is 198 Å². The van der Waals surface area contributed by atoms with Crippen molar-refractivity contribution in [1.29, 1.82) is 0 Å². The molecule has 0 saturated carbocycles. The first kappa shape index (κ1) is 26.8. The smallest absolute Gasteiger partial charge is 0.211 e. The molecule has 0 aromatic heterocycles. The maximum atomic E-state index is 13.8. The summed E-state index contributed by atoms with van der Waals surface area (Å²) in [6.07, 6.45) is 5.17. The standard InChI is InChI=1S/C25H35FN2O2S.ClH/c1-3-15-31(29,30)28-14-6-8-19-10-11-21-12-13-25(27-4-2)24(23(21)17-19)18-20-7-5-9-22(26)16-20;/h5,7,9-11,16-17,24-25,27-28H,3-4,6,8,12-15,18H2,1-2H3;1H. The highest BCUT2D eigenvalue weighted by Gasteiger charge is 2.29. The van der Waals surface area contributed by atoms with E-state index in [1.54, 1.807) is 12.1 Å². The first-order valence-corrected chi connectivity index (χ1v) is 13.1. The van der Waals surface area contributed by atoms with E-state index in [9.17, 15) is 12.8 Å². The summed E-state index contributed by atoms with van der Waals surface area (Å²) in [5, 5.41) is 3.64. The highest BCUT2D eigenvalue weighted by atomic mass is 35.5. The third-order valence-electron chi connectivity index (χ3n) is 6.07. The zero-order valence-electron chi connectivity index (χ0n) is 19.1. The minimum absolute atomic E-state index is 0. The van der Waals surface area contributed by atoms with E-state index in [1.807, 2.05) is 13.0 Å². The van der Waals surface area contributed by atoms with Crippen molar-refractivity contribution in [2.75, 3.05) is 18.8 Å². The number of hydrogen-bond donors (Lipinski definition) is 2. The Kier molecular flexibility index (Phi) is 10.6. The second kappa shape index (κ2) is 12.7. The van der Waals surface area contributed by atoms with Gasteiger partial charge in [0.15, 0.2) is 0 Å². The van der Waals surface area contributed by atoms with Crippen LogP contribution < -0.4 is 10.0 Å². The third kappa shape index (κ3) is 7.55. The van der Waals surface area contributed by atoms with Crippen LogP contribution in [0.4, 0.5) is 4.39 Å². The lowest BCUT2D eigenvalue weighted by atomic mass is 9.75. The van der Waals surface area contributed by atoms with Gasteiger partial charge in [-0.1, -0.05) is 44.2 Å². The van der Waals surface area contributed by atoms with E-state index < -0.39 is 10.0 Å². The maximum absolute atomic E-state index is 13.8. The van der Waals surface area contributed by atoms with Crippen LogP contribution in [-0.2, 0) is 29.3 Å². The molecule has 0 aliphatic heterocycles. The molecule has 1 aliphatic rings. The zero-order valence-corrected chi connectivity index (χ0v) is 20.7. The molecule has 1 aliphatic carbocycles. The fraction of sp³-hybridized carbons (Fsp3) is 0.520. The van der Waals surface area contributed by atoms with Crippen LogP contribution in [0.15, 0.2) is 42.5 Å². The molecule has 2 aromatic carbocycles. The second-order valence-electron chi connectivity index (χ2n) is 8.49. The van der Waals surface area contributed by atoms with Crippen LogP contribution in [-0.4, -0.2) is 33.3 Å². The van der Waals surface area contributed by atoms with E-state index in [0.717, 1.165) is 44.2 Å². The Morgan fingerprint density at radius 1 is 1.09 bits per heavy atom. The highest BCUT2D eigenvalue weighted by molar-refractivity contribution is 7.89. The van der Waals surface area contributed by atoms with Crippen molar-refractivity contribution in [2.45, 2.75) is 64.3 Å². The van der Waals surface area contributed by atoms with Gasteiger partial charge < -0.3 is 5.32 Å². The van der Waals surface area contributed by atoms with E-state index >= 15 is 0 Å². The molecule has 0 spiro atoms. The molecule has 2 aromatic rings. The lowest BCUT2D eigenvalue weighted by Crippen LogP contribution is -2.39. The molecule has 4 nitrogen and oxygen atoms in total. The molecule has 0 heterocycles. The molecular formula is C25H36ClFN2O2S. The Balaban J connectivity index is 0.00000363. The van der Waals surface area contributed by atoms with Gasteiger partial charge >= 0.3 is 0 Å². The second-order valence-corrected chi connectivity index (χ2v) is 10.4. The summed E-state index contributed by atoms with van der Waals surface area (Å²) in [7, 11) is -3.15. The molecule has 3 rings (SSSR count). The fourth-order valence-electron chi connectivity index (χ4n) is 4.64. The van der Waals surface area contributed by atoms with Crippen LogP contribution in [0.5, 0.6) is 0 Å². The number of halogens is 2. The molecule has 0 fully saturated rings. The van der Waals surface area contributed by atoms with E-state index in [0.29, 0.717) is 24.9 Å². The number of nitrogens with one attached hydrogen (secondary N) is 2. The van der Waals surface area contributed by atoms with Crippen LogP contribution >= 0.6 is 12.4 Å². The molecule has 0 bridgehead atoms. The number of likely N-dealkylation sites (N-methyl/N-ethyl adjacent to an activating group) is 1. The average Bonchev–Trinajstić information content (AvgIpc) is 2.73. The summed E-state index contributed by atoms with van der Waals surface area (Å²) in [5.74, 6) is 0.292. The summed E-state index contributed by atoms with van der Waals surface area (Å²) in [6.45, 7) is 5.38. The van der Waals surface area contributed by atoms with Crippen molar-refractivity contribution < 1.29 is 12.8 Å². The SMILES string of the molecule is CCCS(=O)(=O)NCCCc1ccc2c(c1)C(Cc1cccc(F)c1)C(NCC)CC2.Cl. The topological polar surface area (TPSA) is 58.2 Å². The fourth-order valence-corrected chi connectivity index (χ4v) is 5.78. The van der Waals surface area contributed by atoms with Crippen LogP contribution in [0.2, 0.25) is 0 Å². The predicted octanol–water partition coefficient (Wildman–Crippen LogP) is 4.76. The van der Waals surface area contributed by atoms with Crippen molar-refractivity contribution in [3.63, 3.8) is 0 Å². The third-order valence-corrected chi connectivity index (χ3v) is 7.66. The molecule has 2 atom stereocenters. The Bertz CT molecular complexity index is 968. The van der Waals surface area contributed by atoms with Crippen LogP contribution in [0, 0.1) is 5.82 Å². The van der Waals surface area contributed by atoms with Crippen molar-refractivity contribution in [1.82, 2.24) is 10.0 Å². The molecule has 0 amide bonds. The molecule has 32 heavy (non-hydrogen) atoms. The minimum atomic E-state index is -3.15. The lowest BCUT2D eigenvalue weighted by Gasteiger charge is -2.35. The lowest BCUT2D eigenvalue weighted by molar-refractivity contribution is 0.391. The normalized spacial score (nSPS) is 18.1. The van der Waals surface area contributed by atoms with E-state index in [1.165, 1.54) is 22.8 Å². The predicted molar refractivity (Wildman–Crippen MR) is 133 cm³/mol. The van der Waals surface area contributed by atoms with Crippen molar-refractivity contribution in [3.8, 4) is 0 Å². The molecule has 0 saturated heterocycles. The molecule has 2 N–H and O–H groups in total. The first-order chi connectivity index (χ1) is 14.9. The minimum Gasteiger partial charge on any atom is -0.314 e. The molecule has 7 heteroatoms. The summed E-state index contributed by atoms with van der Waals surface area (Å²) in [6, 6.07) is 14.0. The van der Waals surface area contributed by atoms with Gasteiger partial charge in [-0.25, -0.2) is 17.5 Å². The van der Waals surface area contributed by atoms with Gasteiger partial charge in [-0.3, -0.25) is 0 Å². The maximum Gasteiger partial charge on any atom is 0.211 e. The van der Waals surface area contributed by atoms with E-state index in [-0.39, 0.29) is 24.0 Å². The van der Waals surface area contributed by atoms with Crippen LogP contribution in [0.25, 0.3) is 0 Å². The number of hydrogen-bond acceptors (Lipinski definition) is 3. The van der Waals surface area contributed by atoms with Crippen molar-refractivity contribution in [2.24, 2.45) is 0 Å². The summed E-state index contributed by atoms with van der Waals surface area (Å²) in [5.41, 5.74) is 4.99. The average molecular weight is 483 g/mol. The Morgan fingerprint density at radius 3 is 2.62 bits per heavy atom. The molecule has 0 radical (unpaired) electrons. The van der Waals surface area contributed by atoms with Gasteiger partial charge in [-0.15, -0.1) is 12.4 Å². The summed E-state index contributed by atoms with van der Waals surface area (Å²) < 4.78 is 40.1. The number of rotatable bonds is 11. The quantitative estimate of drug-likeness (QED) is 0.454. The van der Waals surface area contributed by atoms with E-state index in [4.69, 9.17) is 0 Å². The van der Waals surface area contributed by atoms with Gasteiger partial charge in [-0.05, 0) is 79.5 Å². The summed E-state index contributed by atoms with van der Waals surface area (Å²) in [4.78, 5) is 0. The van der Waals surface area contributed by atoms with Gasteiger partial charge in [0.1, 0.15) is 5.82 Å². The number of sulfonamides is 1. The highest BCUT2D eigenvalue weighted by Crippen LogP contribution is 2.35. The van der Waals surface area contributed by atoms with Gasteiger partial charge in [0, 0.05) is 18.5 Å². The Hall–Kier alpha value is -1.47. The zero-order chi connectivity index (χ0) is 22.3. The van der Waals surface area contributed by atoms with Gasteiger partial charge in [0.05, 0.1) is 5.75 Å². The molecule has 2 unspecified atom stereocenters. The van der Waals surface area contributed by atoms with E-state index in [2.05, 4.69) is 35.2 Å².